The summed E-state index contributed by atoms with van der Waals surface area (Å²) in [5.41, 5.74) is -0.236. The lowest BCUT2D eigenvalue weighted by molar-refractivity contribution is -0.133. The summed E-state index contributed by atoms with van der Waals surface area (Å²) in [6.45, 7) is 7.04. The van der Waals surface area contributed by atoms with Crippen LogP contribution in [0.2, 0.25) is 0 Å². The van der Waals surface area contributed by atoms with Gasteiger partial charge in [-0.3, -0.25) is 10.1 Å². The molecule has 27 heavy (non-hydrogen) atoms. The lowest BCUT2D eigenvalue weighted by Crippen LogP contribution is -2.46. The molecule has 0 aliphatic heterocycles. The first-order valence-electron chi connectivity index (χ1n) is 9.26. The SMILES string of the molecule is CC(C)(C)OCCN(C(=O)Nc1ncc(SCC(=O)O)s1)C1CCCCC1. The summed E-state index contributed by atoms with van der Waals surface area (Å²) in [5, 5.41) is 12.1. The fourth-order valence-electron chi connectivity index (χ4n) is 2.97. The number of hydrogen-bond acceptors (Lipinski definition) is 6. The van der Waals surface area contributed by atoms with Gasteiger partial charge < -0.3 is 14.7 Å². The number of nitrogens with zero attached hydrogens (tertiary/aromatic N) is 2. The van der Waals surface area contributed by atoms with Crippen LogP contribution in [0.3, 0.4) is 0 Å². The predicted octanol–water partition coefficient (Wildman–Crippen LogP) is 4.30. The molecule has 1 heterocycles. The molecule has 0 atom stereocenters. The molecule has 0 bridgehead atoms. The zero-order chi connectivity index (χ0) is 19.9. The first kappa shape index (κ1) is 22.0. The van der Waals surface area contributed by atoms with Crippen molar-refractivity contribution >= 4 is 40.2 Å². The average molecular weight is 416 g/mol. The molecular weight excluding hydrogens is 386 g/mol. The van der Waals surface area contributed by atoms with Gasteiger partial charge in [0.2, 0.25) is 0 Å². The lowest BCUT2D eigenvalue weighted by atomic mass is 9.94. The third-order valence-corrected chi connectivity index (χ3v) is 6.27. The first-order chi connectivity index (χ1) is 12.7. The van der Waals surface area contributed by atoms with E-state index in [-0.39, 0.29) is 23.4 Å². The van der Waals surface area contributed by atoms with Crippen molar-refractivity contribution in [2.45, 2.75) is 68.7 Å². The zero-order valence-corrected chi connectivity index (χ0v) is 17.8. The Morgan fingerprint density at radius 3 is 2.70 bits per heavy atom. The number of carboxylic acid groups (broad SMARTS) is 1. The van der Waals surface area contributed by atoms with Crippen LogP contribution in [-0.4, -0.2) is 57.5 Å². The topological polar surface area (TPSA) is 91.8 Å². The molecular formula is C18H29N3O4S2. The summed E-state index contributed by atoms with van der Waals surface area (Å²) in [6, 6.07) is 0.0617. The monoisotopic (exact) mass is 415 g/mol. The Hall–Kier alpha value is -1.32. The third kappa shape index (κ3) is 8.06. The van der Waals surface area contributed by atoms with Crippen molar-refractivity contribution < 1.29 is 19.4 Å². The van der Waals surface area contributed by atoms with E-state index in [1.165, 1.54) is 29.5 Å². The fourth-order valence-corrected chi connectivity index (χ4v) is 4.55. The number of carbonyl (C=O) groups excluding carboxylic acids is 1. The summed E-state index contributed by atoms with van der Waals surface area (Å²) in [5.74, 6) is -0.894. The maximum Gasteiger partial charge on any atom is 0.323 e. The van der Waals surface area contributed by atoms with Crippen LogP contribution in [-0.2, 0) is 9.53 Å². The molecule has 0 spiro atoms. The number of aliphatic carboxylic acids is 1. The molecule has 1 aromatic heterocycles. The van der Waals surface area contributed by atoms with Crippen LogP contribution in [0, 0.1) is 0 Å². The molecule has 1 fully saturated rings. The number of carboxylic acids is 1. The minimum absolute atomic E-state index is 0.0199. The van der Waals surface area contributed by atoms with Gasteiger partial charge in [0.15, 0.2) is 5.13 Å². The molecule has 1 aliphatic carbocycles. The highest BCUT2D eigenvalue weighted by atomic mass is 32.2. The molecule has 7 nitrogen and oxygen atoms in total. The predicted molar refractivity (Wildman–Crippen MR) is 109 cm³/mol. The summed E-state index contributed by atoms with van der Waals surface area (Å²) in [4.78, 5) is 29.6. The van der Waals surface area contributed by atoms with Crippen molar-refractivity contribution in [3.8, 4) is 0 Å². The number of amides is 2. The van der Waals surface area contributed by atoms with Crippen LogP contribution in [0.4, 0.5) is 9.93 Å². The van der Waals surface area contributed by atoms with E-state index in [1.807, 2.05) is 25.7 Å². The molecule has 1 aliphatic rings. The summed E-state index contributed by atoms with van der Waals surface area (Å²) < 4.78 is 6.59. The van der Waals surface area contributed by atoms with Gasteiger partial charge in [-0.15, -0.1) is 11.8 Å². The van der Waals surface area contributed by atoms with Gasteiger partial charge in [-0.25, -0.2) is 9.78 Å². The standard InChI is InChI=1S/C18H29N3O4S2/c1-18(2,3)25-10-9-21(13-7-5-4-6-8-13)17(24)20-16-19-11-15(27-16)26-12-14(22)23/h11,13H,4-10,12H2,1-3H3,(H,22,23)(H,19,20,24). The Morgan fingerprint density at radius 1 is 1.37 bits per heavy atom. The Kier molecular flexibility index (Phi) is 8.37. The number of urea groups is 1. The Morgan fingerprint density at radius 2 is 2.07 bits per heavy atom. The number of anilines is 1. The minimum atomic E-state index is -0.874. The summed E-state index contributed by atoms with van der Waals surface area (Å²) >= 11 is 2.50. The number of nitrogens with one attached hydrogen (secondary N) is 1. The van der Waals surface area contributed by atoms with Crippen molar-refractivity contribution in [2.75, 3.05) is 24.2 Å². The third-order valence-electron chi connectivity index (χ3n) is 4.18. The molecule has 2 amide bonds. The van der Waals surface area contributed by atoms with E-state index < -0.39 is 5.97 Å². The molecule has 2 N–H and O–H groups in total. The maximum atomic E-state index is 12.9. The Labute approximate surface area is 168 Å². The van der Waals surface area contributed by atoms with Crippen LogP contribution in [0.1, 0.15) is 52.9 Å². The van der Waals surface area contributed by atoms with Crippen molar-refractivity contribution in [2.24, 2.45) is 0 Å². The maximum absolute atomic E-state index is 12.9. The number of thiazole rings is 1. The molecule has 1 aromatic rings. The second-order valence-corrected chi connectivity index (χ2v) is 9.85. The highest BCUT2D eigenvalue weighted by molar-refractivity contribution is 8.01. The van der Waals surface area contributed by atoms with Gasteiger partial charge in [0.05, 0.1) is 28.4 Å². The number of ether oxygens (including phenoxy) is 1. The summed E-state index contributed by atoms with van der Waals surface area (Å²) in [7, 11) is 0. The van der Waals surface area contributed by atoms with Gasteiger partial charge in [-0.05, 0) is 33.6 Å². The van der Waals surface area contributed by atoms with Gasteiger partial charge >= 0.3 is 12.0 Å². The molecule has 152 valence electrons. The number of thioether (sulfide) groups is 1. The Bertz CT molecular complexity index is 624. The second-order valence-electron chi connectivity index (χ2n) is 7.54. The second kappa shape index (κ2) is 10.3. The van der Waals surface area contributed by atoms with Crippen molar-refractivity contribution in [3.05, 3.63) is 6.20 Å². The fraction of sp³-hybridized carbons (Fsp3) is 0.722. The normalized spacial score (nSPS) is 15.5. The minimum Gasteiger partial charge on any atom is -0.481 e. The number of aromatic nitrogens is 1. The van der Waals surface area contributed by atoms with Crippen LogP contribution in [0.5, 0.6) is 0 Å². The van der Waals surface area contributed by atoms with E-state index in [9.17, 15) is 9.59 Å². The zero-order valence-electron chi connectivity index (χ0n) is 16.2. The van der Waals surface area contributed by atoms with Crippen molar-refractivity contribution in [1.29, 1.82) is 0 Å². The van der Waals surface area contributed by atoms with E-state index in [1.54, 1.807) is 6.20 Å². The first-order valence-corrected chi connectivity index (χ1v) is 11.1. The Balaban J connectivity index is 1.96. The van der Waals surface area contributed by atoms with E-state index in [0.29, 0.717) is 18.3 Å². The molecule has 9 heteroatoms. The highest BCUT2D eigenvalue weighted by Gasteiger charge is 2.26. The smallest absolute Gasteiger partial charge is 0.323 e. The number of hydrogen-bond donors (Lipinski definition) is 2. The number of carbonyl (C=O) groups is 2. The van der Waals surface area contributed by atoms with Crippen LogP contribution in [0.15, 0.2) is 10.4 Å². The summed E-state index contributed by atoms with van der Waals surface area (Å²) in [6.07, 6.45) is 7.13. The quantitative estimate of drug-likeness (QED) is 0.615. The highest BCUT2D eigenvalue weighted by Crippen LogP contribution is 2.29. The molecule has 0 radical (unpaired) electrons. The van der Waals surface area contributed by atoms with Gasteiger partial charge in [0.1, 0.15) is 0 Å². The van der Waals surface area contributed by atoms with E-state index >= 15 is 0 Å². The van der Waals surface area contributed by atoms with Crippen LogP contribution < -0.4 is 5.32 Å². The van der Waals surface area contributed by atoms with Crippen molar-refractivity contribution in [1.82, 2.24) is 9.88 Å². The number of rotatable bonds is 8. The molecule has 2 rings (SSSR count). The van der Waals surface area contributed by atoms with Crippen molar-refractivity contribution in [3.63, 3.8) is 0 Å². The van der Waals surface area contributed by atoms with Gasteiger partial charge in [0.25, 0.3) is 0 Å². The van der Waals surface area contributed by atoms with E-state index in [4.69, 9.17) is 9.84 Å². The largest absolute Gasteiger partial charge is 0.481 e. The van der Waals surface area contributed by atoms with E-state index in [2.05, 4.69) is 10.3 Å². The van der Waals surface area contributed by atoms with Crippen LogP contribution >= 0.6 is 23.1 Å². The molecule has 0 aromatic carbocycles. The van der Waals surface area contributed by atoms with Gasteiger partial charge in [-0.1, -0.05) is 30.6 Å². The lowest BCUT2D eigenvalue weighted by Gasteiger charge is -2.34. The molecule has 1 saturated carbocycles. The van der Waals surface area contributed by atoms with E-state index in [0.717, 1.165) is 29.9 Å². The molecule has 0 saturated heterocycles. The van der Waals surface area contributed by atoms with Crippen LogP contribution in [0.25, 0.3) is 0 Å². The van der Waals surface area contributed by atoms with Gasteiger partial charge in [-0.2, -0.15) is 0 Å². The molecule has 0 unspecified atom stereocenters. The average Bonchev–Trinajstić information content (AvgIpc) is 3.04. The van der Waals surface area contributed by atoms with Gasteiger partial charge in [0, 0.05) is 12.6 Å².